The van der Waals surface area contributed by atoms with Crippen LogP contribution in [0.2, 0.25) is 0 Å². The molecule has 0 aliphatic rings. The average Bonchev–Trinajstić information content (AvgIpc) is 2.89. The molecule has 0 saturated carbocycles. The largest absolute Gasteiger partial charge is 0.508 e. The molecule has 0 fully saturated rings. The van der Waals surface area contributed by atoms with Crippen LogP contribution in [-0.4, -0.2) is 47.9 Å². The number of anilines is 1. The molecule has 0 unspecified atom stereocenters. The van der Waals surface area contributed by atoms with E-state index < -0.39 is 64.1 Å². The van der Waals surface area contributed by atoms with Gasteiger partial charge in [0.2, 0.25) is 5.95 Å². The van der Waals surface area contributed by atoms with E-state index in [1.165, 1.54) is 6.92 Å². The minimum Gasteiger partial charge on any atom is -0.508 e. The normalized spacial score (nSPS) is 12.6. The average molecular weight is 490 g/mol. The summed E-state index contributed by atoms with van der Waals surface area (Å²) in [6.07, 6.45) is -14.4. The smallest absolute Gasteiger partial charge is 0.453 e. The molecule has 3 N–H and O–H groups in total. The first-order chi connectivity index (χ1) is 13.8. The van der Waals surface area contributed by atoms with Crippen molar-refractivity contribution in [3.63, 3.8) is 0 Å². The second-order valence-corrected chi connectivity index (χ2v) is 7.21. The summed E-state index contributed by atoms with van der Waals surface area (Å²) in [6.45, 7) is 1.44. The lowest BCUT2D eigenvalue weighted by Gasteiger charge is -2.07. The van der Waals surface area contributed by atoms with Gasteiger partial charge in [0.25, 0.3) is 5.82 Å². The zero-order valence-corrected chi connectivity index (χ0v) is 15.8. The molecule has 17 heteroatoms. The Bertz CT molecular complexity index is 919. The quantitative estimate of drug-likeness (QED) is 0.638. The van der Waals surface area contributed by atoms with Gasteiger partial charge >= 0.3 is 18.5 Å². The van der Waals surface area contributed by atoms with Crippen molar-refractivity contribution in [2.75, 3.05) is 17.2 Å². The Morgan fingerprint density at radius 3 is 1.90 bits per heavy atom. The first-order valence-corrected chi connectivity index (χ1v) is 9.06. The maximum absolute atomic E-state index is 13.7. The molecule has 1 aromatic carbocycles. The van der Waals surface area contributed by atoms with E-state index in [2.05, 4.69) is 10.1 Å². The molecule has 0 atom stereocenters. The standard InChI is InChI=1S/C10H8F4N4O.C4H4F6OS/c1-4-2-5(11)6(3-7(4)19)18-9(15)16-8(17-18)10(12,13)14;5-3(6,7)1-12(11)2-4(8,9)10/h2-3,19H,1H3,(H2,15,16,17);1-2H2. The molecule has 0 radical (unpaired) electrons. The monoisotopic (exact) mass is 490 g/mol. The van der Waals surface area contributed by atoms with Crippen molar-refractivity contribution < 1.29 is 53.2 Å². The van der Waals surface area contributed by atoms with Crippen LogP contribution in [0.5, 0.6) is 5.75 Å². The van der Waals surface area contributed by atoms with Crippen LogP contribution in [0, 0.1) is 12.7 Å². The molecule has 2 aromatic rings. The highest BCUT2D eigenvalue weighted by atomic mass is 32.2. The SMILES string of the molecule is Cc1cc(F)c(-n2nc(C(F)(F)F)nc2N)cc1O.O=S(CC(F)(F)F)CC(F)(F)F. The Morgan fingerprint density at radius 2 is 1.52 bits per heavy atom. The van der Waals surface area contributed by atoms with Crippen molar-refractivity contribution in [1.29, 1.82) is 0 Å². The van der Waals surface area contributed by atoms with Gasteiger partial charge in [-0.1, -0.05) is 0 Å². The summed E-state index contributed by atoms with van der Waals surface area (Å²) < 4.78 is 129. The van der Waals surface area contributed by atoms with Gasteiger partial charge in [-0.3, -0.25) is 4.21 Å². The van der Waals surface area contributed by atoms with Crippen LogP contribution < -0.4 is 5.73 Å². The van der Waals surface area contributed by atoms with Crippen LogP contribution in [0.15, 0.2) is 12.1 Å². The van der Waals surface area contributed by atoms with Crippen LogP contribution in [0.1, 0.15) is 11.4 Å². The van der Waals surface area contributed by atoms with Gasteiger partial charge < -0.3 is 10.8 Å². The molecule has 1 aromatic heterocycles. The van der Waals surface area contributed by atoms with Gasteiger partial charge in [0, 0.05) is 16.9 Å². The summed E-state index contributed by atoms with van der Waals surface area (Å²) in [4.78, 5) is 3.01. The number of aromatic hydroxyl groups is 1. The van der Waals surface area contributed by atoms with E-state index in [9.17, 15) is 53.2 Å². The van der Waals surface area contributed by atoms with Crippen LogP contribution >= 0.6 is 0 Å². The minimum absolute atomic E-state index is 0.232. The van der Waals surface area contributed by atoms with Gasteiger partial charge in [-0.2, -0.15) is 49.2 Å². The molecular formula is C14H12F10N4O2S. The molecule has 0 saturated heterocycles. The zero-order valence-electron chi connectivity index (χ0n) is 15.0. The van der Waals surface area contributed by atoms with Crippen LogP contribution in [0.4, 0.5) is 49.9 Å². The summed E-state index contributed by atoms with van der Waals surface area (Å²) in [6, 6.07) is 1.88. The Balaban J connectivity index is 0.000000348. The number of halogens is 10. The van der Waals surface area contributed by atoms with Gasteiger partial charge in [-0.25, -0.2) is 4.39 Å². The number of rotatable bonds is 3. The van der Waals surface area contributed by atoms with Crippen LogP contribution in [-0.2, 0) is 17.0 Å². The minimum atomic E-state index is -4.81. The molecule has 31 heavy (non-hydrogen) atoms. The summed E-state index contributed by atoms with van der Waals surface area (Å²) in [5.74, 6) is -7.10. The Hall–Kier alpha value is -2.59. The van der Waals surface area contributed by atoms with Crippen molar-refractivity contribution in [2.24, 2.45) is 0 Å². The van der Waals surface area contributed by atoms with E-state index in [1.807, 2.05) is 0 Å². The van der Waals surface area contributed by atoms with E-state index in [0.717, 1.165) is 12.1 Å². The maximum Gasteiger partial charge on any atom is 0.453 e. The van der Waals surface area contributed by atoms with Gasteiger partial charge in [0.05, 0.1) is 0 Å². The number of aromatic nitrogens is 3. The highest BCUT2D eigenvalue weighted by Gasteiger charge is 2.38. The fourth-order valence-electron chi connectivity index (χ4n) is 1.85. The van der Waals surface area contributed by atoms with E-state index in [-0.39, 0.29) is 11.3 Å². The number of nitrogens with zero attached hydrogens (tertiary/aromatic N) is 3. The first kappa shape index (κ1) is 26.4. The first-order valence-electron chi connectivity index (χ1n) is 7.58. The number of aryl methyl sites for hydroxylation is 1. The Labute approximate surface area is 169 Å². The predicted octanol–water partition coefficient (Wildman–Crippen LogP) is 3.88. The fraction of sp³-hybridized carbons (Fsp3) is 0.429. The van der Waals surface area contributed by atoms with E-state index in [4.69, 9.17) is 5.73 Å². The topological polar surface area (TPSA) is 94.0 Å². The van der Waals surface area contributed by atoms with Crippen molar-refractivity contribution in [2.45, 2.75) is 25.5 Å². The second-order valence-electron chi connectivity index (χ2n) is 5.75. The third-order valence-electron chi connectivity index (χ3n) is 3.03. The number of hydrogen-bond acceptors (Lipinski definition) is 5. The van der Waals surface area contributed by atoms with Gasteiger partial charge in [-0.15, -0.1) is 5.10 Å². The second kappa shape index (κ2) is 9.27. The maximum atomic E-state index is 13.7. The highest BCUT2D eigenvalue weighted by Crippen LogP contribution is 2.30. The number of nitrogen functional groups attached to an aromatic ring is 1. The van der Waals surface area contributed by atoms with Crippen molar-refractivity contribution in [3.05, 3.63) is 29.3 Å². The number of benzene rings is 1. The van der Waals surface area contributed by atoms with Gasteiger partial charge in [-0.05, 0) is 18.6 Å². The van der Waals surface area contributed by atoms with Crippen LogP contribution in [0.3, 0.4) is 0 Å². The van der Waals surface area contributed by atoms with Crippen molar-refractivity contribution >= 4 is 16.7 Å². The number of phenolic OH excluding ortho intramolecular Hbond substituents is 1. The van der Waals surface area contributed by atoms with E-state index >= 15 is 0 Å². The molecule has 0 aliphatic carbocycles. The number of nitrogens with two attached hydrogens (primary N) is 1. The van der Waals surface area contributed by atoms with Crippen molar-refractivity contribution in [3.8, 4) is 11.4 Å². The Kier molecular flexibility index (Phi) is 7.91. The number of phenols is 1. The summed E-state index contributed by atoms with van der Waals surface area (Å²) in [5, 5.41) is 12.5. The van der Waals surface area contributed by atoms with E-state index in [1.54, 1.807) is 0 Å². The summed E-state index contributed by atoms with van der Waals surface area (Å²) >= 11 is 0. The molecule has 0 aliphatic heterocycles. The molecular weight excluding hydrogens is 478 g/mol. The molecule has 0 bridgehead atoms. The van der Waals surface area contributed by atoms with Crippen molar-refractivity contribution in [1.82, 2.24) is 14.8 Å². The predicted molar refractivity (Wildman–Crippen MR) is 87.1 cm³/mol. The highest BCUT2D eigenvalue weighted by molar-refractivity contribution is 7.85. The summed E-state index contributed by atoms with van der Waals surface area (Å²) in [5.41, 5.74) is 5.09. The molecule has 0 spiro atoms. The van der Waals surface area contributed by atoms with Crippen LogP contribution in [0.25, 0.3) is 5.69 Å². The fourth-order valence-corrected chi connectivity index (χ4v) is 2.68. The third-order valence-corrected chi connectivity index (χ3v) is 4.33. The molecule has 1 heterocycles. The Morgan fingerprint density at radius 1 is 1.03 bits per heavy atom. The molecule has 6 nitrogen and oxygen atoms in total. The molecule has 2 rings (SSSR count). The zero-order chi connectivity index (χ0) is 24.4. The number of hydrogen-bond donors (Lipinski definition) is 2. The van der Waals surface area contributed by atoms with E-state index in [0.29, 0.717) is 4.68 Å². The molecule has 0 amide bonds. The lowest BCUT2D eigenvalue weighted by Crippen LogP contribution is -2.26. The lowest BCUT2D eigenvalue weighted by atomic mass is 10.2. The summed E-state index contributed by atoms with van der Waals surface area (Å²) in [7, 11) is -2.91. The van der Waals surface area contributed by atoms with Gasteiger partial charge in [0.15, 0.2) is 0 Å². The lowest BCUT2D eigenvalue weighted by molar-refractivity contribution is -0.144. The number of alkyl halides is 9. The van der Waals surface area contributed by atoms with Gasteiger partial charge in [0.1, 0.15) is 28.8 Å². The third kappa shape index (κ3) is 8.58. The molecule has 176 valence electrons.